The first-order chi connectivity index (χ1) is 38.4. The highest BCUT2D eigenvalue weighted by Crippen LogP contribution is 2.27. The van der Waals surface area contributed by atoms with Crippen LogP contribution in [0.5, 0.6) is 0 Å². The van der Waals surface area contributed by atoms with Crippen molar-refractivity contribution in [2.75, 3.05) is 165 Å². The van der Waals surface area contributed by atoms with Gasteiger partial charge in [-0.25, -0.2) is 38.4 Å². The average Bonchev–Trinajstić information content (AvgIpc) is 3.41. The molecular weight excluding hydrogens is 1480 g/mol. The van der Waals surface area contributed by atoms with E-state index in [0.29, 0.717) is 12.8 Å². The second-order valence-corrected chi connectivity index (χ2v) is 15.0. The Hall–Kier alpha value is -6.12. The fraction of sp³-hybridized carbons (Fsp3) is 0.846. The monoisotopic (exact) mass is 1690 g/mol. The highest BCUT2D eigenvalue weighted by molar-refractivity contribution is 5.70. The van der Waals surface area contributed by atoms with Crippen LogP contribution < -0.4 is 0 Å². The van der Waals surface area contributed by atoms with Gasteiger partial charge in [-0.05, 0) is 31.1 Å². The normalized spacial score (nSPS) is 9.11. The van der Waals surface area contributed by atoms with Crippen LogP contribution in [-0.2, 0) is 124 Å². The molecule has 0 bridgehead atoms. The molecule has 6 unspecified atom stereocenters. The molecule has 0 fully saturated rings. The molecule has 0 radical (unpaired) electrons. The Morgan fingerprint density at radius 1 is 0.205 bits per heavy atom. The number of carbonyl (C=O) groups is 12. The first-order valence-electron chi connectivity index (χ1n) is 23.5. The lowest BCUT2D eigenvalue weighted by Crippen LogP contribution is -2.48. The Kier molecular flexibility index (Phi) is 409. The number of hydrogen-bond acceptors (Lipinski definition) is 26. The summed E-state index contributed by atoms with van der Waals surface area (Å²) in [5.41, 5.74) is 0. The maximum Gasteiger partial charge on any atom is 0.329 e. The molecule has 0 aromatic rings. The number of carbonyl (C=O) groups excluding carboxylic acids is 4. The second-order valence-electron chi connectivity index (χ2n) is 15.0. The van der Waals surface area contributed by atoms with Crippen LogP contribution in [0.15, 0.2) is 0 Å². The van der Waals surface area contributed by atoms with Gasteiger partial charge in [-0.3, -0.25) is 0 Å². The molecule has 0 aliphatic rings. The molecule has 0 aromatic heterocycles. The summed E-state index contributed by atoms with van der Waals surface area (Å²) in [4.78, 5) is 121. The van der Waals surface area contributed by atoms with Crippen LogP contribution in [0.1, 0.15) is 257 Å². The van der Waals surface area contributed by atoms with Gasteiger partial charge in [0.1, 0.15) is 98.3 Å². The zero-order valence-corrected chi connectivity index (χ0v) is 44.3. The SMILES string of the molecule is C.C.C.C.C.C.C.C.C.C.C.C.C.C.C.C.C.C.C.C.C.C.C.C.C.C.C.C.C.C.C.C.C=O.C=O.C=O.C=O.O=C(O)COCCOCC(OCCOCC(=O)O)C(OCCOCC(=O)O)C(COCCCCOCC(COCC(=O)O)C(COCC(=O)O)C(CCOCC(=O)O)COCC(=O)O)OCCOCC(=O)O. The van der Waals surface area contributed by atoms with Crippen LogP contribution in [0.3, 0.4) is 0 Å². The molecule has 0 amide bonds. The minimum absolute atomic E-state index is 0. The molecule has 0 saturated carbocycles. The van der Waals surface area contributed by atoms with E-state index in [4.69, 9.17) is 116 Å². The summed E-state index contributed by atoms with van der Waals surface area (Å²) in [6.07, 6.45) is -2.38. The van der Waals surface area contributed by atoms with Crippen LogP contribution in [0.2, 0.25) is 0 Å². The van der Waals surface area contributed by atoms with Gasteiger partial charge in [0, 0.05) is 25.7 Å². The van der Waals surface area contributed by atoms with Gasteiger partial charge in [-0.15, -0.1) is 0 Å². The van der Waals surface area contributed by atoms with Gasteiger partial charge in [0.25, 0.3) is 0 Å². The number of ether oxygens (including phenoxy) is 14. The van der Waals surface area contributed by atoms with E-state index in [0.717, 1.165) is 0 Å². The molecule has 0 heterocycles. The van der Waals surface area contributed by atoms with Crippen molar-refractivity contribution >= 4 is 74.9 Å². The highest BCUT2D eigenvalue weighted by atomic mass is 16.6. The number of unbranched alkanes of at least 4 members (excludes halogenated alkanes) is 1. The molecule has 34 heteroatoms. The summed E-state index contributed by atoms with van der Waals surface area (Å²) in [5.74, 6) is -12.1. The van der Waals surface area contributed by atoms with Crippen LogP contribution in [0.25, 0.3) is 0 Å². The van der Waals surface area contributed by atoms with Crippen molar-refractivity contribution in [1.29, 1.82) is 0 Å². The Morgan fingerprint density at radius 2 is 0.393 bits per heavy atom. The van der Waals surface area contributed by atoms with Gasteiger partial charge >= 0.3 is 47.8 Å². The van der Waals surface area contributed by atoms with E-state index in [-0.39, 0.29) is 356 Å². The number of aliphatic carboxylic acids is 8. The lowest BCUT2D eigenvalue weighted by atomic mass is 9.81. The topological polar surface area (TPSA) is 496 Å². The molecule has 0 rings (SSSR count). The molecule has 0 aromatic carbocycles. The summed E-state index contributed by atoms with van der Waals surface area (Å²) < 4.78 is 77.4. The first-order valence-corrected chi connectivity index (χ1v) is 23.5. The van der Waals surface area contributed by atoms with Crippen LogP contribution in [0.4, 0.5) is 0 Å². The first kappa shape index (κ1) is 245. The summed E-state index contributed by atoms with van der Waals surface area (Å²) >= 11 is 0. The van der Waals surface area contributed by atoms with Gasteiger partial charge in [0.2, 0.25) is 0 Å². The van der Waals surface area contributed by atoms with E-state index in [1.165, 1.54) is 0 Å². The van der Waals surface area contributed by atoms with E-state index in [1.807, 2.05) is 27.2 Å². The minimum atomic E-state index is -1.29. The van der Waals surface area contributed by atoms with Crippen molar-refractivity contribution in [2.45, 2.75) is 275 Å². The Morgan fingerprint density at radius 3 is 0.661 bits per heavy atom. The fourth-order valence-electron chi connectivity index (χ4n) is 6.13. The third-order valence-electron chi connectivity index (χ3n) is 9.11. The van der Waals surface area contributed by atoms with Crippen LogP contribution in [-0.4, -0.2) is 299 Å². The summed E-state index contributed by atoms with van der Waals surface area (Å²) in [7, 11) is 0. The van der Waals surface area contributed by atoms with Crippen LogP contribution >= 0.6 is 0 Å². The van der Waals surface area contributed by atoms with Crippen LogP contribution in [0, 0.1) is 17.8 Å². The third kappa shape index (κ3) is 177. The Bertz CT molecular complexity index is 1580. The number of carboxylic acids is 8. The largest absolute Gasteiger partial charge is 0.480 e. The third-order valence-corrected chi connectivity index (χ3v) is 9.11. The van der Waals surface area contributed by atoms with Crippen molar-refractivity contribution in [1.82, 2.24) is 0 Å². The van der Waals surface area contributed by atoms with E-state index in [1.54, 1.807) is 0 Å². The van der Waals surface area contributed by atoms with E-state index >= 15 is 0 Å². The molecule has 112 heavy (non-hydrogen) atoms. The number of carboxylic acid groups (broad SMARTS) is 8. The molecule has 6 atom stereocenters. The molecule has 0 spiro atoms. The predicted octanol–water partition coefficient (Wildman–Crippen LogP) is 17.6. The highest BCUT2D eigenvalue weighted by Gasteiger charge is 2.34. The molecular formula is C78H206O34. The quantitative estimate of drug-likeness (QED) is 0.0262. The summed E-state index contributed by atoms with van der Waals surface area (Å²) in [6.45, 7) is 0.153. The van der Waals surface area contributed by atoms with Gasteiger partial charge in [-0.1, -0.05) is 238 Å². The lowest BCUT2D eigenvalue weighted by Gasteiger charge is -2.33. The maximum absolute atomic E-state index is 11.3. The summed E-state index contributed by atoms with van der Waals surface area (Å²) in [5, 5.41) is 72.4. The van der Waals surface area contributed by atoms with Crippen molar-refractivity contribution < 1.29 is 165 Å². The molecule has 0 saturated heterocycles. The predicted molar refractivity (Wildman–Crippen MR) is 478 cm³/mol. The number of rotatable bonds is 55. The molecule has 8 N–H and O–H groups in total. The number of hydrogen-bond donors (Lipinski definition) is 8. The van der Waals surface area contributed by atoms with Gasteiger partial charge in [-0.2, -0.15) is 0 Å². The zero-order chi connectivity index (χ0) is 61.8. The van der Waals surface area contributed by atoms with Crippen molar-refractivity contribution in [2.24, 2.45) is 17.8 Å². The second kappa shape index (κ2) is 187. The fourth-order valence-corrected chi connectivity index (χ4v) is 6.13. The maximum atomic E-state index is 11.3. The Balaban J connectivity index is -0.0000000388. The molecule has 722 valence electrons. The van der Waals surface area contributed by atoms with Crippen molar-refractivity contribution in [3.8, 4) is 0 Å². The van der Waals surface area contributed by atoms with Gasteiger partial charge < -0.3 is 126 Å². The van der Waals surface area contributed by atoms with E-state index < -0.39 is 137 Å². The molecule has 0 aliphatic carbocycles. The lowest BCUT2D eigenvalue weighted by molar-refractivity contribution is -0.181. The Labute approximate surface area is 695 Å². The average molecular weight is 1690 g/mol. The minimum Gasteiger partial charge on any atom is -0.480 e. The van der Waals surface area contributed by atoms with E-state index in [2.05, 4.69) is 0 Å². The zero-order valence-electron chi connectivity index (χ0n) is 44.3. The smallest absolute Gasteiger partial charge is 0.329 e. The summed E-state index contributed by atoms with van der Waals surface area (Å²) in [6, 6.07) is 0. The van der Waals surface area contributed by atoms with E-state index in [9.17, 15) is 48.6 Å². The van der Waals surface area contributed by atoms with Crippen molar-refractivity contribution in [3.63, 3.8) is 0 Å². The molecule has 34 nitrogen and oxygen atoms in total. The molecule has 0 aliphatic heterocycles. The van der Waals surface area contributed by atoms with Gasteiger partial charge in [0.05, 0.1) is 92.5 Å². The van der Waals surface area contributed by atoms with Crippen molar-refractivity contribution in [3.05, 3.63) is 0 Å². The standard InChI is InChI=1S/C42H70O30.4CH2O.32CH4/c43-34(44)21-61-6-3-29(15-67-26-39(53)54)31(18-69-28-41(57)58)30(17-68-27-40(55)56)16-59-4-1-2-5-60-19-32(70-12-9-64-23-36(47)48)42(72-14-11-66-25-38(51)52)33(71-13-10-65-24-37(49)50)20-62-7-8-63-22-35(45)46;4*1-2;;;;;;;;;;;;;;;;;;;;;;;;;;;;;;;;/h29-33,42H,1-28H2,(H,43,44)(H,45,46)(H,47,48)(H,49,50)(H,51,52)(H,53,54)(H,55,56)(H,57,58);4*1H2;32*1H4. The van der Waals surface area contributed by atoms with Gasteiger partial charge in [0.15, 0.2) is 0 Å².